The molecule has 4 nitrogen and oxygen atoms in total. The van der Waals surface area contributed by atoms with E-state index in [9.17, 15) is 9.59 Å². The predicted octanol–water partition coefficient (Wildman–Crippen LogP) is 1.37. The first-order valence-electron chi connectivity index (χ1n) is 4.73. The molecular weight excluding hydrogens is 194 g/mol. The molecule has 0 fully saturated rings. The van der Waals surface area contributed by atoms with E-state index in [4.69, 9.17) is 4.74 Å². The maximum Gasteiger partial charge on any atom is 0.334 e. The van der Waals surface area contributed by atoms with Crippen molar-refractivity contribution in [3.8, 4) is 5.75 Å². The van der Waals surface area contributed by atoms with Crippen LogP contribution in [0.3, 0.4) is 0 Å². The van der Waals surface area contributed by atoms with E-state index >= 15 is 0 Å². The van der Waals surface area contributed by atoms with Crippen LogP contribution in [0.25, 0.3) is 0 Å². The summed E-state index contributed by atoms with van der Waals surface area (Å²) in [6.45, 7) is 1.45. The fourth-order valence-electron chi connectivity index (χ4n) is 1.52. The Morgan fingerprint density at radius 1 is 1.47 bits per heavy atom. The third-order valence-electron chi connectivity index (χ3n) is 2.20. The first-order chi connectivity index (χ1) is 7.16. The zero-order valence-corrected chi connectivity index (χ0v) is 8.32. The van der Waals surface area contributed by atoms with Gasteiger partial charge >= 0.3 is 5.97 Å². The van der Waals surface area contributed by atoms with Crippen LogP contribution in [0.5, 0.6) is 5.75 Å². The van der Waals surface area contributed by atoms with Crippen molar-refractivity contribution in [2.75, 3.05) is 5.32 Å². The van der Waals surface area contributed by atoms with Crippen molar-refractivity contribution in [2.24, 2.45) is 0 Å². The highest BCUT2D eigenvalue weighted by molar-refractivity contribution is 5.91. The van der Waals surface area contributed by atoms with E-state index in [0.717, 1.165) is 5.69 Å². The van der Waals surface area contributed by atoms with Gasteiger partial charge in [-0.2, -0.15) is 0 Å². The summed E-state index contributed by atoms with van der Waals surface area (Å²) in [5.74, 6) is 0.0787. The summed E-state index contributed by atoms with van der Waals surface area (Å²) in [5, 5.41) is 2.98. The molecule has 0 saturated carbocycles. The van der Waals surface area contributed by atoms with Crippen molar-refractivity contribution in [3.63, 3.8) is 0 Å². The summed E-state index contributed by atoms with van der Waals surface area (Å²) in [4.78, 5) is 22.4. The van der Waals surface area contributed by atoms with Crippen LogP contribution in [0.2, 0.25) is 0 Å². The van der Waals surface area contributed by atoms with Crippen LogP contribution in [0, 0.1) is 0 Å². The van der Waals surface area contributed by atoms with E-state index in [2.05, 4.69) is 5.32 Å². The molecule has 1 aliphatic heterocycles. The van der Waals surface area contributed by atoms with Crippen LogP contribution in [0.15, 0.2) is 24.3 Å². The minimum atomic E-state index is -0.558. The van der Waals surface area contributed by atoms with Crippen LogP contribution in [-0.2, 0) is 9.59 Å². The smallest absolute Gasteiger partial charge is 0.334 e. The molecule has 1 atom stereocenters. The van der Waals surface area contributed by atoms with Gasteiger partial charge in [0.1, 0.15) is 11.8 Å². The SMILES string of the molecule is CC(=O)CC1Nc2ccccc2OC1=O. The lowest BCUT2D eigenvalue weighted by Crippen LogP contribution is -2.38. The quantitative estimate of drug-likeness (QED) is 0.585. The first-order valence-corrected chi connectivity index (χ1v) is 4.73. The lowest BCUT2D eigenvalue weighted by Gasteiger charge is -2.24. The molecule has 1 aromatic rings. The number of hydrogen-bond donors (Lipinski definition) is 1. The van der Waals surface area contributed by atoms with Gasteiger partial charge in [0.25, 0.3) is 0 Å². The molecule has 0 bridgehead atoms. The van der Waals surface area contributed by atoms with Gasteiger partial charge in [0.15, 0.2) is 5.75 Å². The third-order valence-corrected chi connectivity index (χ3v) is 2.20. The first kappa shape index (κ1) is 9.71. The van der Waals surface area contributed by atoms with E-state index in [1.54, 1.807) is 12.1 Å². The van der Waals surface area contributed by atoms with Crippen LogP contribution < -0.4 is 10.1 Å². The van der Waals surface area contributed by atoms with Crippen LogP contribution >= 0.6 is 0 Å². The van der Waals surface area contributed by atoms with E-state index in [-0.39, 0.29) is 12.2 Å². The number of ketones is 1. The Labute approximate surface area is 87.2 Å². The Bertz CT molecular complexity index is 414. The Morgan fingerprint density at radius 2 is 2.20 bits per heavy atom. The van der Waals surface area contributed by atoms with Gasteiger partial charge in [-0.3, -0.25) is 4.79 Å². The largest absolute Gasteiger partial charge is 0.423 e. The average molecular weight is 205 g/mol. The van der Waals surface area contributed by atoms with Gasteiger partial charge in [-0.1, -0.05) is 12.1 Å². The molecule has 4 heteroatoms. The second-order valence-electron chi connectivity index (χ2n) is 3.52. The van der Waals surface area contributed by atoms with Crippen molar-refractivity contribution in [2.45, 2.75) is 19.4 Å². The van der Waals surface area contributed by atoms with Gasteiger partial charge in [-0.15, -0.1) is 0 Å². The fraction of sp³-hybridized carbons (Fsp3) is 0.273. The van der Waals surface area contributed by atoms with Crippen molar-refractivity contribution < 1.29 is 14.3 Å². The molecule has 0 radical (unpaired) electrons. The number of benzene rings is 1. The van der Waals surface area contributed by atoms with Crippen LogP contribution in [0.4, 0.5) is 5.69 Å². The van der Waals surface area contributed by atoms with E-state index < -0.39 is 12.0 Å². The van der Waals surface area contributed by atoms with Crippen molar-refractivity contribution in [1.29, 1.82) is 0 Å². The summed E-state index contributed by atoms with van der Waals surface area (Å²) >= 11 is 0. The summed E-state index contributed by atoms with van der Waals surface area (Å²) in [5.41, 5.74) is 0.753. The zero-order chi connectivity index (χ0) is 10.8. The highest BCUT2D eigenvalue weighted by atomic mass is 16.5. The molecule has 78 valence electrons. The van der Waals surface area contributed by atoms with E-state index in [1.807, 2.05) is 12.1 Å². The average Bonchev–Trinajstić information content (AvgIpc) is 2.18. The maximum atomic E-state index is 11.5. The fourth-order valence-corrected chi connectivity index (χ4v) is 1.52. The summed E-state index contributed by atoms with van der Waals surface area (Å²) in [6.07, 6.45) is 0.160. The highest BCUT2D eigenvalue weighted by Gasteiger charge is 2.28. The summed E-state index contributed by atoms with van der Waals surface area (Å²) in [7, 11) is 0. The molecule has 0 amide bonds. The van der Waals surface area contributed by atoms with Gasteiger partial charge in [0.05, 0.1) is 5.69 Å². The molecule has 1 N–H and O–H groups in total. The Kier molecular flexibility index (Phi) is 2.41. The molecule has 0 aromatic heterocycles. The lowest BCUT2D eigenvalue weighted by atomic mass is 10.1. The van der Waals surface area contributed by atoms with Crippen molar-refractivity contribution in [3.05, 3.63) is 24.3 Å². The Hall–Kier alpha value is -1.84. The third kappa shape index (κ3) is 1.98. The number of para-hydroxylation sites is 2. The van der Waals surface area contributed by atoms with Gasteiger partial charge in [-0.05, 0) is 19.1 Å². The van der Waals surface area contributed by atoms with E-state index in [0.29, 0.717) is 5.75 Å². The summed E-state index contributed by atoms with van der Waals surface area (Å²) in [6, 6.07) is 6.60. The summed E-state index contributed by atoms with van der Waals surface area (Å²) < 4.78 is 5.09. The molecule has 1 aromatic carbocycles. The number of nitrogens with one attached hydrogen (secondary N) is 1. The Morgan fingerprint density at radius 3 is 2.93 bits per heavy atom. The second-order valence-corrected chi connectivity index (χ2v) is 3.52. The molecule has 2 rings (SSSR count). The molecule has 0 spiro atoms. The number of rotatable bonds is 2. The number of fused-ring (bicyclic) bond motifs is 1. The number of anilines is 1. The minimum absolute atomic E-state index is 0.0381. The minimum Gasteiger partial charge on any atom is -0.423 e. The molecule has 0 aliphatic carbocycles. The van der Waals surface area contributed by atoms with Gasteiger partial charge in [0.2, 0.25) is 0 Å². The van der Waals surface area contributed by atoms with Crippen LogP contribution in [0.1, 0.15) is 13.3 Å². The number of carbonyl (C=O) groups is 2. The van der Waals surface area contributed by atoms with E-state index in [1.165, 1.54) is 6.92 Å². The molecule has 1 aliphatic rings. The number of esters is 1. The molecule has 1 heterocycles. The standard InChI is InChI=1S/C11H11NO3/c1-7(13)6-9-11(14)15-10-5-3-2-4-8(10)12-9/h2-5,9,12H,6H2,1H3. The number of Topliss-reactive ketones (excluding diaryl/α,β-unsaturated/α-hetero) is 1. The van der Waals surface area contributed by atoms with Crippen LogP contribution in [-0.4, -0.2) is 17.8 Å². The van der Waals surface area contributed by atoms with Gasteiger partial charge in [0, 0.05) is 6.42 Å². The maximum absolute atomic E-state index is 11.5. The molecule has 1 unspecified atom stereocenters. The normalized spacial score (nSPS) is 18.7. The second kappa shape index (κ2) is 3.73. The monoisotopic (exact) mass is 205 g/mol. The Balaban J connectivity index is 2.22. The highest BCUT2D eigenvalue weighted by Crippen LogP contribution is 2.29. The number of carbonyl (C=O) groups excluding carboxylic acids is 2. The lowest BCUT2D eigenvalue weighted by molar-refractivity contribution is -0.137. The topological polar surface area (TPSA) is 55.4 Å². The molecular formula is C11H11NO3. The number of ether oxygens (including phenoxy) is 1. The van der Waals surface area contributed by atoms with Gasteiger partial charge in [-0.25, -0.2) is 4.79 Å². The van der Waals surface area contributed by atoms with Gasteiger partial charge < -0.3 is 10.1 Å². The predicted molar refractivity (Wildman–Crippen MR) is 54.8 cm³/mol. The molecule has 0 saturated heterocycles. The number of hydrogen-bond acceptors (Lipinski definition) is 4. The molecule has 15 heavy (non-hydrogen) atoms. The van der Waals surface area contributed by atoms with Crippen molar-refractivity contribution >= 4 is 17.4 Å². The van der Waals surface area contributed by atoms with Crippen molar-refractivity contribution in [1.82, 2.24) is 0 Å². The zero-order valence-electron chi connectivity index (χ0n) is 8.32.